The normalized spacial score (nSPS) is 11.2. The number of hydrogen-bond acceptors (Lipinski definition) is 2. The maximum atomic E-state index is 5.66. The molecule has 80 valence electrons. The summed E-state index contributed by atoms with van der Waals surface area (Å²) in [7, 11) is 1.99. The van der Waals surface area contributed by atoms with Gasteiger partial charge in [0.05, 0.1) is 24.0 Å². The van der Waals surface area contributed by atoms with E-state index < -0.39 is 0 Å². The first-order chi connectivity index (χ1) is 7.16. The van der Waals surface area contributed by atoms with Crippen LogP contribution < -0.4 is 4.74 Å². The highest BCUT2D eigenvalue weighted by Gasteiger charge is 2.02. The van der Waals surface area contributed by atoms with Crippen molar-refractivity contribution in [3.63, 3.8) is 0 Å². The topological polar surface area (TPSA) is 27.1 Å². The molecule has 0 aliphatic rings. The second-order valence-electron chi connectivity index (χ2n) is 4.21. The van der Waals surface area contributed by atoms with E-state index in [9.17, 15) is 0 Å². The fourth-order valence-electron chi connectivity index (χ4n) is 1.46. The Hall–Kier alpha value is -1.51. The maximum absolute atomic E-state index is 5.66. The molecular formula is C12H16N2O. The standard InChI is InChI=1S/C12H16N2O/c1-9(2)7-15-10-4-5-11-12(6-10)14(3)8-13-11/h4-6,8-9H,7H2,1-3H3. The number of fused-ring (bicyclic) bond motifs is 1. The van der Waals surface area contributed by atoms with E-state index in [-0.39, 0.29) is 0 Å². The quantitative estimate of drug-likeness (QED) is 0.768. The molecule has 3 nitrogen and oxygen atoms in total. The van der Waals surface area contributed by atoms with Gasteiger partial charge in [-0.3, -0.25) is 0 Å². The minimum atomic E-state index is 0.548. The van der Waals surface area contributed by atoms with Crippen molar-refractivity contribution in [1.29, 1.82) is 0 Å². The van der Waals surface area contributed by atoms with Gasteiger partial charge in [-0.1, -0.05) is 13.8 Å². The summed E-state index contributed by atoms with van der Waals surface area (Å²) in [5, 5.41) is 0. The highest BCUT2D eigenvalue weighted by molar-refractivity contribution is 5.76. The average Bonchev–Trinajstić information content (AvgIpc) is 2.57. The van der Waals surface area contributed by atoms with E-state index in [4.69, 9.17) is 4.74 Å². The van der Waals surface area contributed by atoms with Gasteiger partial charge in [0.25, 0.3) is 0 Å². The number of aryl methyl sites for hydroxylation is 1. The van der Waals surface area contributed by atoms with Crippen LogP contribution >= 0.6 is 0 Å². The minimum Gasteiger partial charge on any atom is -0.493 e. The molecule has 0 aliphatic heterocycles. The van der Waals surface area contributed by atoms with Gasteiger partial charge in [0, 0.05) is 13.1 Å². The molecule has 0 spiro atoms. The molecule has 0 amide bonds. The molecular weight excluding hydrogens is 188 g/mol. The van der Waals surface area contributed by atoms with E-state index in [0.29, 0.717) is 5.92 Å². The Balaban J connectivity index is 2.25. The second-order valence-corrected chi connectivity index (χ2v) is 4.21. The van der Waals surface area contributed by atoms with Crippen LogP contribution in [-0.2, 0) is 7.05 Å². The zero-order valence-corrected chi connectivity index (χ0v) is 9.40. The van der Waals surface area contributed by atoms with Crippen molar-refractivity contribution in [3.8, 4) is 5.75 Å². The van der Waals surface area contributed by atoms with Gasteiger partial charge in [-0.05, 0) is 18.1 Å². The minimum absolute atomic E-state index is 0.548. The van der Waals surface area contributed by atoms with Crippen molar-refractivity contribution in [2.45, 2.75) is 13.8 Å². The lowest BCUT2D eigenvalue weighted by Gasteiger charge is -2.08. The Morgan fingerprint density at radius 3 is 2.93 bits per heavy atom. The molecule has 0 bridgehead atoms. The largest absolute Gasteiger partial charge is 0.493 e. The van der Waals surface area contributed by atoms with Crippen LogP contribution in [0.25, 0.3) is 11.0 Å². The highest BCUT2D eigenvalue weighted by Crippen LogP contribution is 2.19. The molecule has 2 rings (SSSR count). The zero-order valence-electron chi connectivity index (χ0n) is 9.40. The Kier molecular flexibility index (Phi) is 2.62. The van der Waals surface area contributed by atoms with Crippen LogP contribution in [-0.4, -0.2) is 16.2 Å². The third kappa shape index (κ3) is 2.12. The van der Waals surface area contributed by atoms with Crippen LogP contribution in [0.15, 0.2) is 24.5 Å². The Morgan fingerprint density at radius 1 is 1.40 bits per heavy atom. The molecule has 0 aliphatic carbocycles. The Morgan fingerprint density at radius 2 is 2.20 bits per heavy atom. The van der Waals surface area contributed by atoms with Gasteiger partial charge in [0.15, 0.2) is 0 Å². The van der Waals surface area contributed by atoms with Crippen LogP contribution in [0.4, 0.5) is 0 Å². The van der Waals surface area contributed by atoms with Crippen LogP contribution in [0.2, 0.25) is 0 Å². The fraction of sp³-hybridized carbons (Fsp3) is 0.417. The first-order valence-electron chi connectivity index (χ1n) is 5.20. The summed E-state index contributed by atoms with van der Waals surface area (Å²) in [5.41, 5.74) is 2.12. The van der Waals surface area contributed by atoms with Crippen molar-refractivity contribution in [2.24, 2.45) is 13.0 Å². The second kappa shape index (κ2) is 3.93. The van der Waals surface area contributed by atoms with Gasteiger partial charge in [0.1, 0.15) is 5.75 Å². The van der Waals surface area contributed by atoms with Crippen molar-refractivity contribution in [2.75, 3.05) is 6.61 Å². The molecule has 2 aromatic rings. The lowest BCUT2D eigenvalue weighted by molar-refractivity contribution is 0.271. The molecule has 1 aromatic carbocycles. The van der Waals surface area contributed by atoms with Crippen LogP contribution in [0.3, 0.4) is 0 Å². The van der Waals surface area contributed by atoms with Gasteiger partial charge in [-0.15, -0.1) is 0 Å². The first kappa shape index (κ1) is 10.0. The van der Waals surface area contributed by atoms with Gasteiger partial charge >= 0.3 is 0 Å². The average molecular weight is 204 g/mol. The van der Waals surface area contributed by atoms with E-state index >= 15 is 0 Å². The SMILES string of the molecule is CC(C)COc1ccc2ncn(C)c2c1. The van der Waals surface area contributed by atoms with Gasteiger partial charge in [-0.2, -0.15) is 0 Å². The number of imidazole rings is 1. The number of rotatable bonds is 3. The summed E-state index contributed by atoms with van der Waals surface area (Å²) in [4.78, 5) is 4.26. The van der Waals surface area contributed by atoms with E-state index in [1.54, 1.807) is 0 Å². The molecule has 0 N–H and O–H groups in total. The molecule has 0 saturated heterocycles. The van der Waals surface area contributed by atoms with Crippen molar-refractivity contribution < 1.29 is 4.74 Å². The summed E-state index contributed by atoms with van der Waals surface area (Å²) in [6, 6.07) is 5.99. The molecule has 15 heavy (non-hydrogen) atoms. The predicted molar refractivity (Wildman–Crippen MR) is 61.0 cm³/mol. The summed E-state index contributed by atoms with van der Waals surface area (Å²) >= 11 is 0. The van der Waals surface area contributed by atoms with Crippen LogP contribution in [0.1, 0.15) is 13.8 Å². The first-order valence-corrected chi connectivity index (χ1v) is 5.20. The molecule has 0 fully saturated rings. The number of benzene rings is 1. The maximum Gasteiger partial charge on any atom is 0.121 e. The monoisotopic (exact) mass is 204 g/mol. The zero-order chi connectivity index (χ0) is 10.8. The lowest BCUT2D eigenvalue weighted by Crippen LogP contribution is -2.04. The van der Waals surface area contributed by atoms with Crippen molar-refractivity contribution >= 4 is 11.0 Å². The summed E-state index contributed by atoms with van der Waals surface area (Å²) in [5.74, 6) is 1.46. The van der Waals surface area contributed by atoms with Gasteiger partial charge < -0.3 is 9.30 Å². The number of nitrogens with zero attached hydrogens (tertiary/aromatic N) is 2. The van der Waals surface area contributed by atoms with Gasteiger partial charge in [-0.25, -0.2) is 4.98 Å². The highest BCUT2D eigenvalue weighted by atomic mass is 16.5. The summed E-state index contributed by atoms with van der Waals surface area (Å²) in [6.45, 7) is 5.04. The summed E-state index contributed by atoms with van der Waals surface area (Å²) in [6.07, 6.45) is 1.82. The Labute approximate surface area is 89.7 Å². The van der Waals surface area contributed by atoms with E-state index in [0.717, 1.165) is 23.4 Å². The molecule has 0 radical (unpaired) electrons. The summed E-state index contributed by atoms with van der Waals surface area (Å²) < 4.78 is 7.66. The third-order valence-corrected chi connectivity index (χ3v) is 2.28. The molecule has 1 aromatic heterocycles. The Bertz CT molecular complexity index is 460. The number of hydrogen-bond donors (Lipinski definition) is 0. The van der Waals surface area contributed by atoms with Crippen molar-refractivity contribution in [1.82, 2.24) is 9.55 Å². The fourth-order valence-corrected chi connectivity index (χ4v) is 1.46. The lowest BCUT2D eigenvalue weighted by atomic mass is 10.2. The van der Waals surface area contributed by atoms with Gasteiger partial charge in [0.2, 0.25) is 0 Å². The number of aromatic nitrogens is 2. The smallest absolute Gasteiger partial charge is 0.121 e. The molecule has 0 saturated carbocycles. The molecule has 0 unspecified atom stereocenters. The van der Waals surface area contributed by atoms with Crippen LogP contribution in [0, 0.1) is 5.92 Å². The molecule has 1 heterocycles. The number of ether oxygens (including phenoxy) is 1. The van der Waals surface area contributed by atoms with Crippen LogP contribution in [0.5, 0.6) is 5.75 Å². The van der Waals surface area contributed by atoms with E-state index in [1.165, 1.54) is 0 Å². The molecule has 0 atom stereocenters. The molecule has 3 heteroatoms. The third-order valence-electron chi connectivity index (χ3n) is 2.28. The van der Waals surface area contributed by atoms with Crippen molar-refractivity contribution in [3.05, 3.63) is 24.5 Å². The van der Waals surface area contributed by atoms with E-state index in [1.807, 2.05) is 36.1 Å². The predicted octanol–water partition coefficient (Wildman–Crippen LogP) is 2.61. The van der Waals surface area contributed by atoms with E-state index in [2.05, 4.69) is 18.8 Å².